The minimum Gasteiger partial charge on any atom is -0.478 e. The predicted octanol–water partition coefficient (Wildman–Crippen LogP) is 1.94. The number of pyridine rings is 2. The number of nitrogens with one attached hydrogen (secondary N) is 1. The predicted molar refractivity (Wildman–Crippen MR) is 101 cm³/mol. The van der Waals surface area contributed by atoms with Gasteiger partial charge in [-0.3, -0.25) is 14.8 Å². The Hall–Kier alpha value is -3.98. The van der Waals surface area contributed by atoms with Crippen LogP contribution in [0.4, 0.5) is 4.39 Å². The van der Waals surface area contributed by atoms with Crippen LogP contribution in [0.25, 0.3) is 0 Å². The molecular formula is C19H17FN4O4. The normalized spacial score (nSPS) is 9.61. The molecule has 0 aliphatic heterocycles. The number of aromatic nitrogens is 2. The Morgan fingerprint density at radius 1 is 1.00 bits per heavy atom. The first kappa shape index (κ1) is 22.1. The first-order chi connectivity index (χ1) is 13.1. The lowest BCUT2D eigenvalue weighted by atomic mass is 10.2. The molecule has 0 aliphatic carbocycles. The average Bonchev–Trinajstić information content (AvgIpc) is 2.70. The molecule has 3 rings (SSSR count). The third-order valence-electron chi connectivity index (χ3n) is 3.06. The topological polar surface area (TPSA) is 136 Å². The van der Waals surface area contributed by atoms with E-state index < -0.39 is 11.8 Å². The van der Waals surface area contributed by atoms with Crippen LogP contribution < -0.4 is 5.43 Å². The van der Waals surface area contributed by atoms with E-state index in [0.29, 0.717) is 11.3 Å². The van der Waals surface area contributed by atoms with Gasteiger partial charge in [0.15, 0.2) is 0 Å². The number of carbonyl (C=O) groups excluding carboxylic acids is 1. The van der Waals surface area contributed by atoms with Crippen LogP contribution in [0, 0.1) is 5.82 Å². The monoisotopic (exact) mass is 384 g/mol. The highest BCUT2D eigenvalue weighted by atomic mass is 19.1. The fourth-order valence-corrected chi connectivity index (χ4v) is 1.80. The van der Waals surface area contributed by atoms with Crippen molar-refractivity contribution in [3.05, 3.63) is 95.8 Å². The summed E-state index contributed by atoms with van der Waals surface area (Å²) in [4.78, 5) is 29.6. The summed E-state index contributed by atoms with van der Waals surface area (Å²) in [5.74, 6) is -1.92. The highest BCUT2D eigenvalue weighted by molar-refractivity contribution is 5.94. The SMILES string of the molecule is O.O=C(N/N=C/c1ccccn1)c1ccncc1.O=C(O)c1cccc(F)c1. The summed E-state index contributed by atoms with van der Waals surface area (Å²) in [7, 11) is 0. The molecule has 28 heavy (non-hydrogen) atoms. The Labute approximate surface area is 159 Å². The van der Waals surface area contributed by atoms with Gasteiger partial charge in [0.25, 0.3) is 5.91 Å². The summed E-state index contributed by atoms with van der Waals surface area (Å²) in [5, 5.41) is 12.2. The molecule has 3 aromatic rings. The van der Waals surface area contributed by atoms with E-state index in [4.69, 9.17) is 5.11 Å². The summed E-state index contributed by atoms with van der Waals surface area (Å²) in [6.07, 6.45) is 6.25. The van der Waals surface area contributed by atoms with Gasteiger partial charge in [0, 0.05) is 24.2 Å². The fourth-order valence-electron chi connectivity index (χ4n) is 1.80. The smallest absolute Gasteiger partial charge is 0.335 e. The second-order valence-corrected chi connectivity index (χ2v) is 5.01. The van der Waals surface area contributed by atoms with Crippen LogP contribution in [-0.2, 0) is 0 Å². The molecule has 0 saturated carbocycles. The van der Waals surface area contributed by atoms with Crippen LogP contribution in [0.15, 0.2) is 78.3 Å². The second-order valence-electron chi connectivity index (χ2n) is 5.01. The Balaban J connectivity index is 0.000000307. The number of benzene rings is 1. The van der Waals surface area contributed by atoms with E-state index in [-0.39, 0.29) is 16.9 Å². The number of hydrogen-bond acceptors (Lipinski definition) is 5. The van der Waals surface area contributed by atoms with Gasteiger partial charge >= 0.3 is 5.97 Å². The molecule has 0 spiro atoms. The van der Waals surface area contributed by atoms with Crippen LogP contribution in [0.5, 0.6) is 0 Å². The third-order valence-corrected chi connectivity index (χ3v) is 3.06. The molecule has 2 aromatic heterocycles. The van der Waals surface area contributed by atoms with Crippen molar-refractivity contribution in [3.63, 3.8) is 0 Å². The zero-order valence-corrected chi connectivity index (χ0v) is 14.5. The quantitative estimate of drug-likeness (QED) is 0.523. The molecule has 0 atom stereocenters. The van der Waals surface area contributed by atoms with Crippen molar-refractivity contribution in [2.75, 3.05) is 0 Å². The average molecular weight is 384 g/mol. The number of aromatic carboxylic acids is 1. The lowest BCUT2D eigenvalue weighted by Crippen LogP contribution is -2.17. The maximum Gasteiger partial charge on any atom is 0.335 e. The molecule has 0 radical (unpaired) electrons. The molecule has 0 aliphatic rings. The maximum atomic E-state index is 12.3. The molecule has 1 amide bonds. The van der Waals surface area contributed by atoms with Gasteiger partial charge in [-0.1, -0.05) is 12.1 Å². The lowest BCUT2D eigenvalue weighted by Gasteiger charge is -1.97. The Morgan fingerprint density at radius 2 is 1.75 bits per heavy atom. The summed E-state index contributed by atoms with van der Waals surface area (Å²) in [6, 6.07) is 13.6. The standard InChI is InChI=1S/C12H10N4O.C7H5FO2.H2O/c17-12(10-4-7-13-8-5-10)16-15-9-11-3-1-2-6-14-11;8-6-3-1-2-5(4-6)7(9)10;/h1-9H,(H,16,17);1-4H,(H,9,10);1H2/b15-9+;;. The van der Waals surface area contributed by atoms with Crippen LogP contribution in [-0.4, -0.2) is 38.6 Å². The zero-order valence-electron chi connectivity index (χ0n) is 14.5. The van der Waals surface area contributed by atoms with Crippen molar-refractivity contribution in [3.8, 4) is 0 Å². The molecule has 0 bridgehead atoms. The Bertz CT molecular complexity index is 921. The minimum absolute atomic E-state index is 0. The number of carboxylic acid groups (broad SMARTS) is 1. The number of halogens is 1. The van der Waals surface area contributed by atoms with Crippen molar-refractivity contribution in [1.29, 1.82) is 0 Å². The fraction of sp³-hybridized carbons (Fsp3) is 0. The van der Waals surface area contributed by atoms with Gasteiger partial charge in [0.05, 0.1) is 17.5 Å². The van der Waals surface area contributed by atoms with E-state index in [0.717, 1.165) is 6.07 Å². The Kier molecular flexibility index (Phi) is 9.14. The van der Waals surface area contributed by atoms with Gasteiger partial charge in [-0.2, -0.15) is 5.10 Å². The van der Waals surface area contributed by atoms with E-state index in [9.17, 15) is 14.0 Å². The largest absolute Gasteiger partial charge is 0.478 e. The zero-order chi connectivity index (χ0) is 19.5. The number of hydrazone groups is 1. The molecule has 4 N–H and O–H groups in total. The summed E-state index contributed by atoms with van der Waals surface area (Å²) < 4.78 is 12.3. The maximum absolute atomic E-state index is 12.3. The minimum atomic E-state index is -1.11. The summed E-state index contributed by atoms with van der Waals surface area (Å²) >= 11 is 0. The number of carboxylic acids is 1. The number of hydrogen-bond donors (Lipinski definition) is 2. The van der Waals surface area contributed by atoms with Crippen molar-refractivity contribution < 1.29 is 24.6 Å². The number of carbonyl (C=O) groups is 2. The van der Waals surface area contributed by atoms with Crippen LogP contribution in [0.3, 0.4) is 0 Å². The van der Waals surface area contributed by atoms with E-state index in [1.54, 1.807) is 36.8 Å². The van der Waals surface area contributed by atoms with Crippen LogP contribution >= 0.6 is 0 Å². The van der Waals surface area contributed by atoms with E-state index in [2.05, 4.69) is 20.5 Å². The number of nitrogens with zero attached hydrogens (tertiary/aromatic N) is 3. The van der Waals surface area contributed by atoms with Crippen LogP contribution in [0.2, 0.25) is 0 Å². The highest BCUT2D eigenvalue weighted by Gasteiger charge is 2.02. The van der Waals surface area contributed by atoms with Gasteiger partial charge in [-0.15, -0.1) is 0 Å². The summed E-state index contributed by atoms with van der Waals surface area (Å²) in [5.41, 5.74) is 3.58. The number of amides is 1. The van der Waals surface area contributed by atoms with Crippen molar-refractivity contribution in [1.82, 2.24) is 15.4 Å². The molecule has 1 aromatic carbocycles. The van der Waals surface area contributed by atoms with Gasteiger partial charge < -0.3 is 10.6 Å². The molecule has 8 nitrogen and oxygen atoms in total. The van der Waals surface area contributed by atoms with Gasteiger partial charge in [-0.05, 0) is 42.5 Å². The van der Waals surface area contributed by atoms with Gasteiger partial charge in [0.1, 0.15) is 5.82 Å². The van der Waals surface area contributed by atoms with Gasteiger partial charge in [-0.25, -0.2) is 14.6 Å². The van der Waals surface area contributed by atoms with Crippen molar-refractivity contribution in [2.45, 2.75) is 0 Å². The first-order valence-electron chi connectivity index (χ1n) is 7.69. The highest BCUT2D eigenvalue weighted by Crippen LogP contribution is 2.02. The van der Waals surface area contributed by atoms with E-state index in [1.165, 1.54) is 24.4 Å². The molecular weight excluding hydrogens is 367 g/mol. The van der Waals surface area contributed by atoms with E-state index >= 15 is 0 Å². The van der Waals surface area contributed by atoms with Gasteiger partial charge in [0.2, 0.25) is 0 Å². The molecule has 144 valence electrons. The van der Waals surface area contributed by atoms with E-state index in [1.807, 2.05) is 12.1 Å². The first-order valence-corrected chi connectivity index (χ1v) is 7.69. The molecule has 0 fully saturated rings. The van der Waals surface area contributed by atoms with Crippen LogP contribution in [0.1, 0.15) is 26.4 Å². The molecule has 9 heteroatoms. The third kappa shape index (κ3) is 7.50. The Morgan fingerprint density at radius 3 is 2.32 bits per heavy atom. The molecule has 2 heterocycles. The summed E-state index contributed by atoms with van der Waals surface area (Å²) in [6.45, 7) is 0. The van der Waals surface area contributed by atoms with Crippen molar-refractivity contribution >= 4 is 18.1 Å². The number of rotatable bonds is 4. The molecule has 0 unspecified atom stereocenters. The second kappa shape index (κ2) is 11.6. The molecule has 0 saturated heterocycles. The lowest BCUT2D eigenvalue weighted by molar-refractivity contribution is 0.0696. The van der Waals surface area contributed by atoms with Crippen molar-refractivity contribution in [2.24, 2.45) is 5.10 Å².